The Morgan fingerprint density at radius 2 is 1.87 bits per heavy atom. The van der Waals surface area contributed by atoms with Crippen LogP contribution in [-0.2, 0) is 11.3 Å². The molecular weight excluding hydrogens is 286 g/mol. The van der Waals surface area contributed by atoms with Crippen LogP contribution in [0.3, 0.4) is 0 Å². The number of ether oxygens (including phenoxy) is 2. The van der Waals surface area contributed by atoms with Crippen LogP contribution in [0.2, 0.25) is 0 Å². The minimum atomic E-state index is -0.0457. The number of methoxy groups -OCH3 is 1. The molecule has 3 nitrogen and oxygen atoms in total. The lowest BCUT2D eigenvalue weighted by Gasteiger charge is -2.39. The number of rotatable bonds is 2. The summed E-state index contributed by atoms with van der Waals surface area (Å²) in [5.41, 5.74) is 5.98. The third kappa shape index (κ3) is 1.96. The van der Waals surface area contributed by atoms with Gasteiger partial charge in [-0.2, -0.15) is 0 Å². The van der Waals surface area contributed by atoms with Crippen molar-refractivity contribution >= 4 is 11.4 Å². The van der Waals surface area contributed by atoms with Gasteiger partial charge in [0, 0.05) is 29.4 Å². The van der Waals surface area contributed by atoms with Gasteiger partial charge in [0.15, 0.2) is 0 Å². The Hall–Kier alpha value is -2.42. The molecule has 23 heavy (non-hydrogen) atoms. The van der Waals surface area contributed by atoms with Gasteiger partial charge in [0.2, 0.25) is 0 Å². The fourth-order valence-electron chi connectivity index (χ4n) is 3.52. The van der Waals surface area contributed by atoms with Crippen molar-refractivity contribution < 1.29 is 9.47 Å². The molecule has 0 N–H and O–H groups in total. The highest BCUT2D eigenvalue weighted by atomic mass is 16.5. The zero-order valence-electron chi connectivity index (χ0n) is 14.0. The van der Waals surface area contributed by atoms with E-state index in [4.69, 9.17) is 9.47 Å². The lowest BCUT2D eigenvalue weighted by atomic mass is 9.88. The van der Waals surface area contributed by atoms with Crippen molar-refractivity contribution in [1.29, 1.82) is 0 Å². The van der Waals surface area contributed by atoms with Gasteiger partial charge >= 0.3 is 0 Å². The zero-order valence-corrected chi connectivity index (χ0v) is 14.0. The lowest BCUT2D eigenvalue weighted by Crippen LogP contribution is -2.42. The average Bonchev–Trinajstić information content (AvgIpc) is 2.96. The first kappa shape index (κ1) is 14.2. The molecule has 2 heterocycles. The van der Waals surface area contributed by atoms with E-state index in [9.17, 15) is 0 Å². The van der Waals surface area contributed by atoms with Crippen LogP contribution in [-0.4, -0.2) is 19.7 Å². The van der Waals surface area contributed by atoms with Gasteiger partial charge in [-0.1, -0.05) is 24.3 Å². The lowest BCUT2D eigenvalue weighted by molar-refractivity contribution is 0.282. The molecule has 0 aliphatic carbocycles. The van der Waals surface area contributed by atoms with E-state index in [2.05, 4.69) is 50.1 Å². The SMILES string of the molecule is COc1ccccc1-c1ccc2c3c1COC3=CC(C)(C)N2C. The summed E-state index contributed by atoms with van der Waals surface area (Å²) in [6, 6.07) is 12.5. The van der Waals surface area contributed by atoms with Crippen molar-refractivity contribution in [3.63, 3.8) is 0 Å². The van der Waals surface area contributed by atoms with E-state index < -0.39 is 0 Å². The highest BCUT2D eigenvalue weighted by Crippen LogP contribution is 2.48. The molecule has 0 saturated heterocycles. The van der Waals surface area contributed by atoms with Crippen molar-refractivity contribution in [3.05, 3.63) is 53.6 Å². The molecule has 2 aliphatic rings. The van der Waals surface area contributed by atoms with Crippen LogP contribution >= 0.6 is 0 Å². The molecule has 2 aromatic rings. The van der Waals surface area contributed by atoms with E-state index in [1.165, 1.54) is 22.4 Å². The molecule has 118 valence electrons. The maximum Gasteiger partial charge on any atom is 0.127 e. The van der Waals surface area contributed by atoms with Gasteiger partial charge in [-0.25, -0.2) is 0 Å². The Kier molecular flexibility index (Phi) is 2.95. The maximum atomic E-state index is 6.02. The molecule has 3 heteroatoms. The second-order valence-electron chi connectivity index (χ2n) is 6.70. The van der Waals surface area contributed by atoms with Gasteiger partial charge in [0.1, 0.15) is 18.1 Å². The van der Waals surface area contributed by atoms with E-state index in [-0.39, 0.29) is 5.54 Å². The Bertz CT molecular complexity index is 820. The minimum Gasteiger partial charge on any atom is -0.496 e. The van der Waals surface area contributed by atoms with Crippen LogP contribution in [0, 0.1) is 0 Å². The highest BCUT2D eigenvalue weighted by molar-refractivity contribution is 5.89. The molecule has 0 atom stereocenters. The molecule has 4 rings (SSSR count). The molecule has 0 spiro atoms. The number of hydrogen-bond donors (Lipinski definition) is 0. The number of benzene rings is 2. The first-order chi connectivity index (χ1) is 11.0. The van der Waals surface area contributed by atoms with Gasteiger partial charge in [-0.15, -0.1) is 0 Å². The predicted octanol–water partition coefficient (Wildman–Crippen LogP) is 4.46. The van der Waals surface area contributed by atoms with E-state index in [1.54, 1.807) is 7.11 Å². The molecule has 0 unspecified atom stereocenters. The van der Waals surface area contributed by atoms with Gasteiger partial charge < -0.3 is 14.4 Å². The number of nitrogens with zero attached hydrogens (tertiary/aromatic N) is 1. The van der Waals surface area contributed by atoms with Gasteiger partial charge in [0.25, 0.3) is 0 Å². The summed E-state index contributed by atoms with van der Waals surface area (Å²) < 4.78 is 11.6. The number of para-hydroxylation sites is 1. The maximum absolute atomic E-state index is 6.02. The van der Waals surface area contributed by atoms with Crippen molar-refractivity contribution in [2.24, 2.45) is 0 Å². The van der Waals surface area contributed by atoms with E-state index in [0.717, 1.165) is 17.1 Å². The fraction of sp³-hybridized carbons (Fsp3) is 0.300. The monoisotopic (exact) mass is 307 g/mol. The summed E-state index contributed by atoms with van der Waals surface area (Å²) in [4.78, 5) is 2.32. The Labute approximate surface area is 137 Å². The van der Waals surface area contributed by atoms with Crippen LogP contribution in [0.15, 0.2) is 42.5 Å². The number of likely N-dealkylation sites (N-methyl/N-ethyl adjacent to an activating group) is 1. The normalized spacial score (nSPS) is 17.4. The number of anilines is 1. The summed E-state index contributed by atoms with van der Waals surface area (Å²) in [6.45, 7) is 5.03. The van der Waals surface area contributed by atoms with Crippen LogP contribution in [0.25, 0.3) is 16.9 Å². The van der Waals surface area contributed by atoms with Crippen LogP contribution < -0.4 is 9.64 Å². The topological polar surface area (TPSA) is 21.7 Å². The Morgan fingerprint density at radius 3 is 2.65 bits per heavy atom. The summed E-state index contributed by atoms with van der Waals surface area (Å²) in [5, 5.41) is 0. The molecule has 0 saturated carbocycles. The first-order valence-corrected chi connectivity index (χ1v) is 7.92. The minimum absolute atomic E-state index is 0.0457. The van der Waals surface area contributed by atoms with Crippen LogP contribution in [0.1, 0.15) is 25.0 Å². The summed E-state index contributed by atoms with van der Waals surface area (Å²) in [6.07, 6.45) is 2.22. The second-order valence-corrected chi connectivity index (χ2v) is 6.70. The highest BCUT2D eigenvalue weighted by Gasteiger charge is 2.36. The standard InChI is InChI=1S/C20H21NO2/c1-20(2)11-18-19-15(12-23-18)13(9-10-16(19)21(20)3)14-7-5-6-8-17(14)22-4/h5-11H,12H2,1-4H3. The van der Waals surface area contributed by atoms with Crippen LogP contribution in [0.5, 0.6) is 5.75 Å². The number of hydrogen-bond acceptors (Lipinski definition) is 3. The summed E-state index contributed by atoms with van der Waals surface area (Å²) >= 11 is 0. The fourth-order valence-corrected chi connectivity index (χ4v) is 3.52. The molecule has 0 amide bonds. The molecule has 2 aliphatic heterocycles. The smallest absolute Gasteiger partial charge is 0.127 e. The van der Waals surface area contributed by atoms with Gasteiger partial charge in [-0.3, -0.25) is 0 Å². The third-order valence-corrected chi connectivity index (χ3v) is 5.02. The summed E-state index contributed by atoms with van der Waals surface area (Å²) in [7, 11) is 3.86. The molecule has 0 aromatic heterocycles. The summed E-state index contributed by atoms with van der Waals surface area (Å²) in [5.74, 6) is 1.90. The van der Waals surface area contributed by atoms with Crippen LogP contribution in [0.4, 0.5) is 5.69 Å². The van der Waals surface area contributed by atoms with Crippen molar-refractivity contribution in [3.8, 4) is 16.9 Å². The molecular formula is C20H21NO2. The Balaban J connectivity index is 1.96. The zero-order chi connectivity index (χ0) is 16.2. The molecule has 0 radical (unpaired) electrons. The van der Waals surface area contributed by atoms with E-state index in [0.29, 0.717) is 6.61 Å². The van der Waals surface area contributed by atoms with Crippen molar-refractivity contribution in [1.82, 2.24) is 0 Å². The third-order valence-electron chi connectivity index (χ3n) is 5.02. The quantitative estimate of drug-likeness (QED) is 0.817. The predicted molar refractivity (Wildman–Crippen MR) is 93.7 cm³/mol. The Morgan fingerprint density at radius 1 is 1.09 bits per heavy atom. The van der Waals surface area contributed by atoms with Crippen molar-refractivity contribution in [2.45, 2.75) is 26.0 Å². The second kappa shape index (κ2) is 4.79. The van der Waals surface area contributed by atoms with Gasteiger partial charge in [-0.05, 0) is 37.6 Å². The van der Waals surface area contributed by atoms with E-state index in [1.807, 2.05) is 18.2 Å². The molecule has 0 bridgehead atoms. The largest absolute Gasteiger partial charge is 0.496 e. The molecule has 0 fully saturated rings. The first-order valence-electron chi connectivity index (χ1n) is 7.92. The van der Waals surface area contributed by atoms with E-state index >= 15 is 0 Å². The van der Waals surface area contributed by atoms with Crippen molar-refractivity contribution in [2.75, 3.05) is 19.1 Å². The molecule has 2 aromatic carbocycles. The van der Waals surface area contributed by atoms with Gasteiger partial charge in [0.05, 0.1) is 12.6 Å². The average molecular weight is 307 g/mol.